The van der Waals surface area contributed by atoms with Crippen molar-refractivity contribution in [2.75, 3.05) is 0 Å². The Labute approximate surface area is 118 Å². The lowest BCUT2D eigenvalue weighted by atomic mass is 10.0. The largest absolute Gasteiger partial charge is 0.300 e. The third kappa shape index (κ3) is 4.18. The number of rotatable bonds is 5. The second kappa shape index (κ2) is 6.48. The second-order valence-corrected chi connectivity index (χ2v) is 5.03. The van der Waals surface area contributed by atoms with Crippen LogP contribution in [-0.4, -0.2) is 10.8 Å². The van der Waals surface area contributed by atoms with E-state index in [-0.39, 0.29) is 5.78 Å². The number of hydrogen-bond acceptors (Lipinski definition) is 2. The van der Waals surface area contributed by atoms with Crippen molar-refractivity contribution in [2.24, 2.45) is 0 Å². The van der Waals surface area contributed by atoms with Crippen LogP contribution in [0.1, 0.15) is 25.5 Å². The summed E-state index contributed by atoms with van der Waals surface area (Å²) in [6.45, 7) is 1.62. The molecule has 0 aliphatic carbocycles. The van der Waals surface area contributed by atoms with Gasteiger partial charge in [-0.05, 0) is 55.2 Å². The van der Waals surface area contributed by atoms with Gasteiger partial charge in [-0.2, -0.15) is 0 Å². The van der Waals surface area contributed by atoms with E-state index >= 15 is 0 Å². The van der Waals surface area contributed by atoms with Gasteiger partial charge in [-0.1, -0.05) is 23.7 Å². The number of carbonyl (C=O) groups excluding carboxylic acids is 1. The molecule has 1 aromatic carbocycles. The van der Waals surface area contributed by atoms with E-state index in [2.05, 4.69) is 11.1 Å². The van der Waals surface area contributed by atoms with Crippen LogP contribution in [0.3, 0.4) is 0 Å². The minimum Gasteiger partial charge on any atom is -0.300 e. The van der Waals surface area contributed by atoms with Crippen LogP contribution in [0.25, 0.3) is 11.1 Å². The molecular weight excluding hydrogens is 258 g/mol. The van der Waals surface area contributed by atoms with Crippen molar-refractivity contribution < 1.29 is 4.79 Å². The van der Waals surface area contributed by atoms with Gasteiger partial charge in [-0.25, -0.2) is 0 Å². The summed E-state index contributed by atoms with van der Waals surface area (Å²) in [6.07, 6.45) is 4.12. The van der Waals surface area contributed by atoms with E-state index in [0.717, 1.165) is 34.7 Å². The number of hydrogen-bond donors (Lipinski definition) is 0. The fraction of sp³-hybridized carbons (Fsp3) is 0.250. The molecule has 2 rings (SSSR count). The topological polar surface area (TPSA) is 30.0 Å². The molecule has 0 atom stereocenters. The predicted octanol–water partition coefficient (Wildman–Crippen LogP) is 4.31. The molecule has 0 fully saturated rings. The Morgan fingerprint density at radius 2 is 1.89 bits per heavy atom. The van der Waals surface area contributed by atoms with Crippen molar-refractivity contribution in [1.29, 1.82) is 0 Å². The molecule has 0 bridgehead atoms. The molecule has 0 unspecified atom stereocenters. The van der Waals surface area contributed by atoms with Crippen molar-refractivity contribution in [3.05, 3.63) is 53.3 Å². The van der Waals surface area contributed by atoms with E-state index < -0.39 is 0 Å². The number of benzene rings is 1. The number of aryl methyl sites for hydroxylation is 1. The molecule has 19 heavy (non-hydrogen) atoms. The first kappa shape index (κ1) is 13.8. The van der Waals surface area contributed by atoms with E-state index in [1.807, 2.05) is 36.5 Å². The summed E-state index contributed by atoms with van der Waals surface area (Å²) >= 11 is 5.88. The van der Waals surface area contributed by atoms with Crippen LogP contribution in [0.2, 0.25) is 5.02 Å². The van der Waals surface area contributed by atoms with Gasteiger partial charge in [-0.15, -0.1) is 0 Å². The number of pyridine rings is 1. The number of Topliss-reactive ketones (excluding diaryl/α,β-unsaturated/α-hetero) is 1. The molecule has 2 nitrogen and oxygen atoms in total. The molecule has 0 radical (unpaired) electrons. The molecule has 0 spiro atoms. The van der Waals surface area contributed by atoms with Gasteiger partial charge < -0.3 is 4.79 Å². The Morgan fingerprint density at radius 1 is 1.16 bits per heavy atom. The summed E-state index contributed by atoms with van der Waals surface area (Å²) in [7, 11) is 0. The number of nitrogens with zero attached hydrogens (tertiary/aromatic N) is 1. The lowest BCUT2D eigenvalue weighted by Gasteiger charge is -2.05. The SMILES string of the molecule is CC(=O)CCCc1cc(-c2ccc(Cl)cc2)ccn1. The molecule has 2 aromatic rings. The molecule has 0 saturated carbocycles. The molecule has 1 aromatic heterocycles. The van der Waals surface area contributed by atoms with Gasteiger partial charge >= 0.3 is 0 Å². The molecule has 98 valence electrons. The quantitative estimate of drug-likeness (QED) is 0.812. The Hall–Kier alpha value is -1.67. The van der Waals surface area contributed by atoms with Crippen LogP contribution in [0.15, 0.2) is 42.6 Å². The highest BCUT2D eigenvalue weighted by Crippen LogP contribution is 2.22. The fourth-order valence-electron chi connectivity index (χ4n) is 1.96. The summed E-state index contributed by atoms with van der Waals surface area (Å²) in [4.78, 5) is 15.3. The standard InChI is InChI=1S/C16H16ClNO/c1-12(19)3-2-4-16-11-14(9-10-18-16)13-5-7-15(17)8-6-13/h5-11H,2-4H2,1H3. The van der Waals surface area contributed by atoms with E-state index in [0.29, 0.717) is 6.42 Å². The Kier molecular flexibility index (Phi) is 4.69. The molecule has 0 N–H and O–H groups in total. The van der Waals surface area contributed by atoms with Crippen molar-refractivity contribution in [1.82, 2.24) is 4.98 Å². The summed E-state index contributed by atoms with van der Waals surface area (Å²) < 4.78 is 0. The van der Waals surface area contributed by atoms with Gasteiger partial charge in [0, 0.05) is 23.3 Å². The number of carbonyl (C=O) groups is 1. The van der Waals surface area contributed by atoms with E-state index in [1.165, 1.54) is 0 Å². The third-order valence-electron chi connectivity index (χ3n) is 2.96. The van der Waals surface area contributed by atoms with E-state index in [1.54, 1.807) is 6.92 Å². The minimum absolute atomic E-state index is 0.230. The lowest BCUT2D eigenvalue weighted by molar-refractivity contribution is -0.117. The molecular formula is C16H16ClNO. The van der Waals surface area contributed by atoms with Gasteiger partial charge in [0.15, 0.2) is 0 Å². The lowest BCUT2D eigenvalue weighted by Crippen LogP contribution is -1.95. The van der Waals surface area contributed by atoms with Gasteiger partial charge in [0.1, 0.15) is 5.78 Å². The average Bonchev–Trinajstić information content (AvgIpc) is 2.39. The zero-order chi connectivity index (χ0) is 13.7. The van der Waals surface area contributed by atoms with Gasteiger partial charge in [-0.3, -0.25) is 4.98 Å². The maximum Gasteiger partial charge on any atom is 0.129 e. The second-order valence-electron chi connectivity index (χ2n) is 4.60. The summed E-state index contributed by atoms with van der Waals surface area (Å²) in [6, 6.07) is 11.8. The Bertz CT molecular complexity index is 563. The van der Waals surface area contributed by atoms with E-state index in [9.17, 15) is 4.79 Å². The molecule has 0 aliphatic heterocycles. The maximum atomic E-state index is 10.9. The molecule has 0 amide bonds. The zero-order valence-electron chi connectivity index (χ0n) is 10.9. The fourth-order valence-corrected chi connectivity index (χ4v) is 2.08. The summed E-state index contributed by atoms with van der Waals surface area (Å²) in [5.41, 5.74) is 3.28. The molecule has 3 heteroatoms. The third-order valence-corrected chi connectivity index (χ3v) is 3.21. The van der Waals surface area contributed by atoms with Crippen LogP contribution < -0.4 is 0 Å². The van der Waals surface area contributed by atoms with Crippen LogP contribution in [0, 0.1) is 0 Å². The van der Waals surface area contributed by atoms with Crippen molar-refractivity contribution >= 4 is 17.4 Å². The number of ketones is 1. The smallest absolute Gasteiger partial charge is 0.129 e. The molecule has 0 aliphatic rings. The van der Waals surface area contributed by atoms with Crippen molar-refractivity contribution in [2.45, 2.75) is 26.2 Å². The number of halogens is 1. The highest BCUT2D eigenvalue weighted by molar-refractivity contribution is 6.30. The van der Waals surface area contributed by atoms with E-state index in [4.69, 9.17) is 11.6 Å². The Balaban J connectivity index is 2.10. The summed E-state index contributed by atoms with van der Waals surface area (Å²) in [5.74, 6) is 0.230. The van der Waals surface area contributed by atoms with Crippen LogP contribution in [0.5, 0.6) is 0 Å². The summed E-state index contributed by atoms with van der Waals surface area (Å²) in [5, 5.41) is 0.736. The average molecular weight is 274 g/mol. The van der Waals surface area contributed by atoms with Crippen molar-refractivity contribution in [3.63, 3.8) is 0 Å². The van der Waals surface area contributed by atoms with Crippen molar-refractivity contribution in [3.8, 4) is 11.1 Å². The Morgan fingerprint density at radius 3 is 2.58 bits per heavy atom. The molecule has 0 saturated heterocycles. The van der Waals surface area contributed by atoms with Gasteiger partial charge in [0.05, 0.1) is 0 Å². The van der Waals surface area contributed by atoms with Gasteiger partial charge in [0.2, 0.25) is 0 Å². The number of aromatic nitrogens is 1. The highest BCUT2D eigenvalue weighted by Gasteiger charge is 2.02. The van der Waals surface area contributed by atoms with Crippen LogP contribution >= 0.6 is 11.6 Å². The highest BCUT2D eigenvalue weighted by atomic mass is 35.5. The van der Waals surface area contributed by atoms with Crippen LogP contribution in [0.4, 0.5) is 0 Å². The first-order valence-corrected chi connectivity index (χ1v) is 6.73. The van der Waals surface area contributed by atoms with Crippen LogP contribution in [-0.2, 0) is 11.2 Å². The monoisotopic (exact) mass is 273 g/mol. The first-order valence-electron chi connectivity index (χ1n) is 6.35. The predicted molar refractivity (Wildman–Crippen MR) is 78.3 cm³/mol. The zero-order valence-corrected chi connectivity index (χ0v) is 11.7. The molecule has 1 heterocycles. The first-order chi connectivity index (χ1) is 9.15. The normalized spacial score (nSPS) is 10.4. The van der Waals surface area contributed by atoms with Gasteiger partial charge in [0.25, 0.3) is 0 Å². The minimum atomic E-state index is 0.230. The maximum absolute atomic E-state index is 10.9.